The van der Waals surface area contributed by atoms with Crippen molar-refractivity contribution in [3.63, 3.8) is 0 Å². The third-order valence-corrected chi connectivity index (χ3v) is 4.05. The van der Waals surface area contributed by atoms with Crippen molar-refractivity contribution in [1.29, 1.82) is 0 Å². The molecule has 2 rings (SSSR count). The summed E-state index contributed by atoms with van der Waals surface area (Å²) in [5, 5.41) is 10.6. The summed E-state index contributed by atoms with van der Waals surface area (Å²) in [6, 6.07) is 14.7. The van der Waals surface area contributed by atoms with Crippen LogP contribution in [0.3, 0.4) is 0 Å². The highest BCUT2D eigenvalue weighted by atomic mass is 32.2. The van der Waals surface area contributed by atoms with Gasteiger partial charge in [0.15, 0.2) is 0 Å². The summed E-state index contributed by atoms with van der Waals surface area (Å²) < 4.78 is 0. The lowest BCUT2D eigenvalue weighted by molar-refractivity contribution is -0.384. The molecule has 1 atom stereocenters. The van der Waals surface area contributed by atoms with Gasteiger partial charge in [0.25, 0.3) is 5.69 Å². The molecule has 0 unspecified atom stereocenters. The predicted octanol–water partition coefficient (Wildman–Crippen LogP) is 4.16. The summed E-state index contributed by atoms with van der Waals surface area (Å²) in [5.74, 6) is 0. The summed E-state index contributed by atoms with van der Waals surface area (Å²) in [4.78, 5) is 12.3. The summed E-state index contributed by atoms with van der Waals surface area (Å²) in [6.07, 6.45) is 0.912. The second-order valence-electron chi connectivity index (χ2n) is 4.44. The van der Waals surface area contributed by atoms with Crippen LogP contribution in [-0.4, -0.2) is 4.92 Å². The first-order valence-corrected chi connectivity index (χ1v) is 7.19. The van der Waals surface area contributed by atoms with Crippen LogP contribution < -0.4 is 5.73 Å². The lowest BCUT2D eigenvalue weighted by Crippen LogP contribution is -2.07. The Morgan fingerprint density at radius 1 is 1.10 bits per heavy atom. The van der Waals surface area contributed by atoms with Gasteiger partial charge in [-0.3, -0.25) is 10.1 Å². The van der Waals surface area contributed by atoms with Crippen LogP contribution in [0.1, 0.15) is 24.9 Å². The van der Waals surface area contributed by atoms with E-state index >= 15 is 0 Å². The van der Waals surface area contributed by atoms with Gasteiger partial charge < -0.3 is 5.73 Å². The lowest BCUT2D eigenvalue weighted by atomic mass is 10.1. The quantitative estimate of drug-likeness (QED) is 0.662. The van der Waals surface area contributed by atoms with Crippen LogP contribution in [0, 0.1) is 10.1 Å². The van der Waals surface area contributed by atoms with E-state index < -0.39 is 4.92 Å². The summed E-state index contributed by atoms with van der Waals surface area (Å²) in [7, 11) is 0. The summed E-state index contributed by atoms with van der Waals surface area (Å²) >= 11 is 1.57. The Bertz CT molecular complexity index is 582. The van der Waals surface area contributed by atoms with Crippen LogP contribution in [0.4, 0.5) is 5.69 Å². The monoisotopic (exact) mass is 288 g/mol. The molecule has 20 heavy (non-hydrogen) atoms. The molecule has 0 bridgehead atoms. The second-order valence-corrected chi connectivity index (χ2v) is 5.58. The molecule has 2 aromatic carbocycles. The molecule has 0 saturated heterocycles. The van der Waals surface area contributed by atoms with Crippen LogP contribution in [-0.2, 0) is 0 Å². The van der Waals surface area contributed by atoms with Gasteiger partial charge in [-0.2, -0.15) is 0 Å². The van der Waals surface area contributed by atoms with Gasteiger partial charge in [-0.1, -0.05) is 30.8 Å². The van der Waals surface area contributed by atoms with E-state index in [0.29, 0.717) is 0 Å². The zero-order valence-electron chi connectivity index (χ0n) is 11.2. The zero-order chi connectivity index (χ0) is 14.5. The largest absolute Gasteiger partial charge is 0.324 e. The minimum Gasteiger partial charge on any atom is -0.324 e. The van der Waals surface area contributed by atoms with Gasteiger partial charge in [0.1, 0.15) is 0 Å². The van der Waals surface area contributed by atoms with Crippen molar-refractivity contribution in [3.8, 4) is 0 Å². The van der Waals surface area contributed by atoms with Gasteiger partial charge >= 0.3 is 0 Å². The molecule has 104 valence electrons. The van der Waals surface area contributed by atoms with Crippen LogP contribution in [0.15, 0.2) is 58.3 Å². The fraction of sp³-hybridized carbons (Fsp3) is 0.200. The van der Waals surface area contributed by atoms with Crippen molar-refractivity contribution in [2.24, 2.45) is 5.73 Å². The first-order valence-electron chi connectivity index (χ1n) is 6.38. The second kappa shape index (κ2) is 6.54. The van der Waals surface area contributed by atoms with Crippen LogP contribution in [0.25, 0.3) is 0 Å². The van der Waals surface area contributed by atoms with Crippen molar-refractivity contribution >= 4 is 17.4 Å². The fourth-order valence-corrected chi connectivity index (χ4v) is 2.61. The highest BCUT2D eigenvalue weighted by Crippen LogP contribution is 2.29. The molecule has 0 saturated carbocycles. The Labute approximate surface area is 122 Å². The Hall–Kier alpha value is -1.85. The van der Waals surface area contributed by atoms with E-state index in [0.717, 1.165) is 21.8 Å². The standard InChI is InChI=1S/C15H16N2O2S/c1-2-15(16)11-3-7-13(8-4-11)20-14-9-5-12(6-10-14)17(18)19/h3-10,15H,2,16H2,1H3/t15-/m0/s1. The van der Waals surface area contributed by atoms with Gasteiger partial charge in [-0.05, 0) is 36.2 Å². The maximum absolute atomic E-state index is 10.6. The van der Waals surface area contributed by atoms with E-state index in [1.807, 2.05) is 24.3 Å². The van der Waals surface area contributed by atoms with Crippen molar-refractivity contribution in [1.82, 2.24) is 0 Å². The molecule has 0 fully saturated rings. The Morgan fingerprint density at radius 2 is 1.60 bits per heavy atom. The topological polar surface area (TPSA) is 69.2 Å². The highest BCUT2D eigenvalue weighted by molar-refractivity contribution is 7.99. The lowest BCUT2D eigenvalue weighted by Gasteiger charge is -2.09. The molecule has 0 heterocycles. The predicted molar refractivity (Wildman–Crippen MR) is 80.9 cm³/mol. The van der Waals surface area contributed by atoms with Gasteiger partial charge in [-0.25, -0.2) is 0 Å². The van der Waals surface area contributed by atoms with Crippen molar-refractivity contribution in [2.75, 3.05) is 0 Å². The molecular formula is C15H16N2O2S. The molecule has 2 aromatic rings. The number of nitrogens with two attached hydrogens (primary N) is 1. The number of nitro benzene ring substituents is 1. The molecule has 0 radical (unpaired) electrons. The highest BCUT2D eigenvalue weighted by Gasteiger charge is 2.06. The Balaban J connectivity index is 2.08. The molecule has 2 N–H and O–H groups in total. The van der Waals surface area contributed by atoms with E-state index in [4.69, 9.17) is 5.73 Å². The molecule has 0 aliphatic heterocycles. The SMILES string of the molecule is CC[C@H](N)c1ccc(Sc2ccc([N+](=O)[O-])cc2)cc1. The third-order valence-electron chi connectivity index (χ3n) is 3.03. The molecule has 0 spiro atoms. The maximum atomic E-state index is 10.6. The zero-order valence-corrected chi connectivity index (χ0v) is 12.0. The van der Waals surface area contributed by atoms with Gasteiger partial charge in [0, 0.05) is 28.0 Å². The number of benzene rings is 2. The first-order chi connectivity index (χ1) is 9.60. The first kappa shape index (κ1) is 14.6. The van der Waals surface area contributed by atoms with E-state index in [1.165, 1.54) is 12.1 Å². The van der Waals surface area contributed by atoms with E-state index in [1.54, 1.807) is 23.9 Å². The average Bonchev–Trinajstić information content (AvgIpc) is 2.48. The van der Waals surface area contributed by atoms with Crippen LogP contribution >= 0.6 is 11.8 Å². The van der Waals surface area contributed by atoms with Crippen molar-refractivity contribution in [3.05, 3.63) is 64.2 Å². The summed E-state index contributed by atoms with van der Waals surface area (Å²) in [6.45, 7) is 2.06. The van der Waals surface area contributed by atoms with Crippen molar-refractivity contribution in [2.45, 2.75) is 29.2 Å². The molecule has 0 aliphatic rings. The molecule has 5 heteroatoms. The number of rotatable bonds is 5. The fourth-order valence-electron chi connectivity index (χ4n) is 1.79. The molecular weight excluding hydrogens is 272 g/mol. The molecule has 0 aromatic heterocycles. The Morgan fingerprint density at radius 3 is 2.05 bits per heavy atom. The number of nitro groups is 1. The van der Waals surface area contributed by atoms with Crippen LogP contribution in [0.2, 0.25) is 0 Å². The Kier molecular flexibility index (Phi) is 4.76. The van der Waals surface area contributed by atoms with E-state index in [-0.39, 0.29) is 11.7 Å². The maximum Gasteiger partial charge on any atom is 0.269 e. The normalized spacial score (nSPS) is 12.1. The van der Waals surface area contributed by atoms with E-state index in [2.05, 4.69) is 6.92 Å². The smallest absolute Gasteiger partial charge is 0.269 e. The minimum atomic E-state index is -0.393. The molecule has 0 aliphatic carbocycles. The minimum absolute atomic E-state index is 0.0772. The van der Waals surface area contributed by atoms with Crippen molar-refractivity contribution < 1.29 is 4.92 Å². The van der Waals surface area contributed by atoms with Crippen LogP contribution in [0.5, 0.6) is 0 Å². The summed E-state index contributed by atoms with van der Waals surface area (Å²) in [5.41, 5.74) is 7.21. The average molecular weight is 288 g/mol. The molecule has 0 amide bonds. The number of non-ortho nitro benzene ring substituents is 1. The van der Waals surface area contributed by atoms with E-state index in [9.17, 15) is 10.1 Å². The van der Waals surface area contributed by atoms with Gasteiger partial charge in [-0.15, -0.1) is 0 Å². The number of hydrogen-bond donors (Lipinski definition) is 1. The van der Waals surface area contributed by atoms with Gasteiger partial charge in [0.2, 0.25) is 0 Å². The number of nitrogens with zero attached hydrogens (tertiary/aromatic N) is 1. The van der Waals surface area contributed by atoms with Gasteiger partial charge in [0.05, 0.1) is 4.92 Å². The molecule has 4 nitrogen and oxygen atoms in total. The third kappa shape index (κ3) is 3.59. The number of hydrogen-bond acceptors (Lipinski definition) is 4.